The second-order valence-electron chi connectivity index (χ2n) is 11.9. The second-order valence-corrected chi connectivity index (χ2v) is 11.9. The van der Waals surface area contributed by atoms with E-state index in [1.165, 1.54) is 96.3 Å². The maximum Gasteiger partial charge on any atom is 0.306 e. The molecule has 228 valence electrons. The summed E-state index contributed by atoms with van der Waals surface area (Å²) in [6.07, 6.45) is 27.5. The lowest BCUT2D eigenvalue weighted by atomic mass is 9.84. The topological polar surface area (TPSA) is 38.3 Å². The number of nitrogens with one attached hydrogen (secondary N) is 1. The van der Waals surface area contributed by atoms with E-state index in [0.717, 1.165) is 63.6 Å². The van der Waals surface area contributed by atoms with Gasteiger partial charge in [0, 0.05) is 32.1 Å². The predicted octanol–water partition coefficient (Wildman–Crippen LogP) is 10.0. The fraction of sp³-hybridized carbons (Fsp3) is 0.711. The van der Waals surface area contributed by atoms with Gasteiger partial charge in [0.2, 0.25) is 0 Å². The van der Waals surface area contributed by atoms with Crippen LogP contribution in [0.25, 0.3) is 0 Å². The lowest BCUT2D eigenvalue weighted by molar-refractivity contribution is -0.164. The summed E-state index contributed by atoms with van der Waals surface area (Å²) in [6, 6.07) is 10.3. The zero-order chi connectivity index (χ0) is 29.1. The number of rotatable bonds is 22. The summed E-state index contributed by atoms with van der Waals surface area (Å²) in [5.74, 6) is 12.5. The predicted molar refractivity (Wildman–Crippen MR) is 174 cm³/mol. The summed E-state index contributed by atoms with van der Waals surface area (Å²) in [5, 5.41) is 3.39. The molecule has 1 fully saturated rings. The smallest absolute Gasteiger partial charge is 0.306 e. The molecule has 1 aliphatic heterocycles. The number of carbonyl (C=O) groups is 1. The highest BCUT2D eigenvalue weighted by Crippen LogP contribution is 2.35. The van der Waals surface area contributed by atoms with E-state index < -0.39 is 5.60 Å². The molecule has 0 aromatic heterocycles. The Morgan fingerprint density at radius 3 is 1.66 bits per heavy atom. The molecule has 1 aliphatic rings. The lowest BCUT2D eigenvalue weighted by Crippen LogP contribution is -2.43. The van der Waals surface area contributed by atoms with Crippen LogP contribution in [0.1, 0.15) is 160 Å². The van der Waals surface area contributed by atoms with Crippen LogP contribution in [0, 0.1) is 23.7 Å². The van der Waals surface area contributed by atoms with Crippen LogP contribution in [0.5, 0.6) is 0 Å². The van der Waals surface area contributed by atoms with Crippen LogP contribution in [0.2, 0.25) is 0 Å². The second kappa shape index (κ2) is 24.4. The van der Waals surface area contributed by atoms with E-state index >= 15 is 0 Å². The molecule has 3 heteroatoms. The molecule has 2 rings (SSSR count). The molecule has 0 aliphatic carbocycles. The highest BCUT2D eigenvalue weighted by Gasteiger charge is 2.37. The highest BCUT2D eigenvalue weighted by molar-refractivity contribution is 5.70. The summed E-state index contributed by atoms with van der Waals surface area (Å²) in [5.41, 5.74) is 0.671. The Hall–Kier alpha value is -2.23. The van der Waals surface area contributed by atoms with Crippen molar-refractivity contribution in [2.24, 2.45) is 0 Å². The number of esters is 1. The van der Waals surface area contributed by atoms with E-state index in [2.05, 4.69) is 48.1 Å². The first-order chi connectivity index (χ1) is 20.3. The van der Waals surface area contributed by atoms with Crippen LogP contribution in [-0.4, -0.2) is 19.1 Å². The van der Waals surface area contributed by atoms with Crippen molar-refractivity contribution in [3.05, 3.63) is 35.9 Å². The van der Waals surface area contributed by atoms with Gasteiger partial charge in [-0.15, -0.1) is 0 Å². The van der Waals surface area contributed by atoms with Crippen molar-refractivity contribution in [2.75, 3.05) is 13.1 Å². The highest BCUT2D eigenvalue weighted by atomic mass is 16.6. The monoisotopic (exact) mass is 561 g/mol. The van der Waals surface area contributed by atoms with Gasteiger partial charge >= 0.3 is 5.97 Å². The van der Waals surface area contributed by atoms with Crippen molar-refractivity contribution in [1.29, 1.82) is 0 Å². The lowest BCUT2D eigenvalue weighted by Gasteiger charge is -2.37. The Kier molecular flexibility index (Phi) is 20.8. The molecule has 0 bridgehead atoms. The van der Waals surface area contributed by atoms with Gasteiger partial charge in [0.15, 0.2) is 0 Å². The molecule has 0 saturated carbocycles. The Balaban J connectivity index is 1.38. The van der Waals surface area contributed by atoms with Crippen LogP contribution in [0.15, 0.2) is 30.3 Å². The van der Waals surface area contributed by atoms with Gasteiger partial charge in [0.1, 0.15) is 5.60 Å². The molecule has 0 spiro atoms. The number of benzene rings is 1. The Morgan fingerprint density at radius 2 is 1.15 bits per heavy atom. The molecule has 1 heterocycles. The third-order valence-corrected chi connectivity index (χ3v) is 8.35. The molecule has 0 unspecified atom stereocenters. The standard InChI is InChI=1S/C38H59NO2/c1-2-3-4-5-6-7-8-9-10-11-12-13-14-15-16-17-18-19-20-21-22-23-24-28-31-37(40)41-38(32-34-39-35-33-38)36-29-26-25-27-30-36/h25-27,29-30,39H,2-14,19-24,28,31-35H2,1H3. The Labute approximate surface area is 253 Å². The minimum atomic E-state index is -0.457. The summed E-state index contributed by atoms with van der Waals surface area (Å²) in [6.45, 7) is 4.06. The van der Waals surface area contributed by atoms with E-state index in [0.29, 0.717) is 6.42 Å². The maximum absolute atomic E-state index is 12.6. The van der Waals surface area contributed by atoms with Crippen molar-refractivity contribution in [3.8, 4) is 23.7 Å². The van der Waals surface area contributed by atoms with Gasteiger partial charge in [0.25, 0.3) is 0 Å². The first-order valence-corrected chi connectivity index (χ1v) is 17.2. The zero-order valence-electron chi connectivity index (χ0n) is 26.4. The van der Waals surface area contributed by atoms with E-state index in [4.69, 9.17) is 4.74 Å². The molecule has 1 aromatic rings. The Morgan fingerprint density at radius 1 is 0.683 bits per heavy atom. The van der Waals surface area contributed by atoms with Gasteiger partial charge in [0.05, 0.1) is 0 Å². The zero-order valence-corrected chi connectivity index (χ0v) is 26.4. The van der Waals surface area contributed by atoms with Gasteiger partial charge in [-0.2, -0.15) is 0 Å². The molecule has 0 radical (unpaired) electrons. The number of hydrogen-bond acceptors (Lipinski definition) is 3. The fourth-order valence-corrected chi connectivity index (χ4v) is 5.75. The molecular weight excluding hydrogens is 502 g/mol. The van der Waals surface area contributed by atoms with E-state index in [9.17, 15) is 4.79 Å². The third-order valence-electron chi connectivity index (χ3n) is 8.35. The number of hydrogen-bond donors (Lipinski definition) is 1. The number of carbonyl (C=O) groups excluding carboxylic acids is 1. The van der Waals surface area contributed by atoms with Crippen LogP contribution >= 0.6 is 0 Å². The summed E-state index contributed by atoms with van der Waals surface area (Å²) >= 11 is 0. The van der Waals surface area contributed by atoms with E-state index in [1.54, 1.807) is 0 Å². The molecule has 0 amide bonds. The average molecular weight is 562 g/mol. The number of ether oxygens (including phenoxy) is 1. The molecular formula is C38H59NO2. The number of piperidine rings is 1. The minimum absolute atomic E-state index is 0.0501. The van der Waals surface area contributed by atoms with Crippen molar-refractivity contribution < 1.29 is 9.53 Å². The van der Waals surface area contributed by atoms with Crippen LogP contribution in [0.3, 0.4) is 0 Å². The van der Waals surface area contributed by atoms with Crippen LogP contribution in [0.4, 0.5) is 0 Å². The quantitative estimate of drug-likeness (QED) is 0.0869. The average Bonchev–Trinajstić information content (AvgIpc) is 3.00. The van der Waals surface area contributed by atoms with Gasteiger partial charge in [-0.25, -0.2) is 0 Å². The van der Waals surface area contributed by atoms with Crippen LogP contribution < -0.4 is 5.32 Å². The molecule has 1 aromatic carbocycles. The fourth-order valence-electron chi connectivity index (χ4n) is 5.75. The molecule has 1 saturated heterocycles. The first kappa shape index (κ1) is 35.0. The summed E-state index contributed by atoms with van der Waals surface area (Å²) in [4.78, 5) is 12.6. The van der Waals surface area contributed by atoms with Gasteiger partial charge < -0.3 is 10.1 Å². The Bertz CT molecular complexity index is 895. The van der Waals surface area contributed by atoms with Crippen molar-refractivity contribution in [3.63, 3.8) is 0 Å². The van der Waals surface area contributed by atoms with Crippen molar-refractivity contribution >= 4 is 5.97 Å². The molecule has 41 heavy (non-hydrogen) atoms. The SMILES string of the molecule is CCCCCCCCCCCCCCC#CC#CCCCCCCCCC(=O)OC1(c2ccccc2)CCNCC1. The molecule has 0 atom stereocenters. The largest absolute Gasteiger partial charge is 0.454 e. The summed E-state index contributed by atoms with van der Waals surface area (Å²) in [7, 11) is 0. The maximum atomic E-state index is 12.6. The normalized spacial score (nSPS) is 14.0. The molecule has 3 nitrogen and oxygen atoms in total. The van der Waals surface area contributed by atoms with Crippen molar-refractivity contribution in [2.45, 2.75) is 160 Å². The number of unbranched alkanes of at least 4 members (excludes halogenated alkanes) is 18. The van der Waals surface area contributed by atoms with Crippen molar-refractivity contribution in [1.82, 2.24) is 5.32 Å². The molecule has 1 N–H and O–H groups in total. The van der Waals surface area contributed by atoms with Gasteiger partial charge in [-0.3, -0.25) is 4.79 Å². The van der Waals surface area contributed by atoms with Gasteiger partial charge in [-0.05, 0) is 49.8 Å². The first-order valence-electron chi connectivity index (χ1n) is 17.2. The van der Waals surface area contributed by atoms with Crippen LogP contribution in [-0.2, 0) is 15.1 Å². The third kappa shape index (κ3) is 17.4. The van der Waals surface area contributed by atoms with Gasteiger partial charge in [-0.1, -0.05) is 145 Å². The minimum Gasteiger partial charge on any atom is -0.454 e. The summed E-state index contributed by atoms with van der Waals surface area (Å²) < 4.78 is 6.11. The van der Waals surface area contributed by atoms with E-state index in [-0.39, 0.29) is 5.97 Å². The van der Waals surface area contributed by atoms with E-state index in [1.807, 2.05) is 18.2 Å².